The van der Waals surface area contributed by atoms with Gasteiger partial charge in [0.25, 0.3) is 0 Å². The lowest BCUT2D eigenvalue weighted by Gasteiger charge is -2.16. The second kappa shape index (κ2) is 8.06. The molecular weight excluding hydrogens is 388 g/mol. The monoisotopic (exact) mass is 410 g/mol. The van der Waals surface area contributed by atoms with Crippen molar-refractivity contribution >= 4 is 35.0 Å². The molecule has 156 valence electrons. The maximum Gasteiger partial charge on any atom is 0.338 e. The van der Waals surface area contributed by atoms with E-state index in [9.17, 15) is 24.0 Å². The van der Waals surface area contributed by atoms with E-state index in [4.69, 9.17) is 4.74 Å². The average molecular weight is 410 g/mol. The molecule has 30 heavy (non-hydrogen) atoms. The number of ether oxygens (including phenoxy) is 1. The van der Waals surface area contributed by atoms with Crippen LogP contribution in [0.5, 0.6) is 0 Å². The molecule has 8 nitrogen and oxygen atoms in total. The van der Waals surface area contributed by atoms with Gasteiger partial charge in [-0.25, -0.2) is 4.79 Å². The van der Waals surface area contributed by atoms with Crippen LogP contribution in [0.3, 0.4) is 0 Å². The molecule has 0 aliphatic carbocycles. The summed E-state index contributed by atoms with van der Waals surface area (Å²) in [6.07, 6.45) is -0.834. The number of esters is 1. The van der Waals surface area contributed by atoms with Gasteiger partial charge in [0.2, 0.25) is 17.6 Å². The highest BCUT2D eigenvalue weighted by molar-refractivity contribution is 6.20. The Morgan fingerprint density at radius 2 is 1.73 bits per heavy atom. The molecule has 8 heteroatoms. The molecule has 1 aromatic heterocycles. The molecule has 2 amide bonds. The Balaban J connectivity index is 1.78. The van der Waals surface area contributed by atoms with Crippen LogP contribution in [0, 0.1) is 13.8 Å². The first-order valence-electron chi connectivity index (χ1n) is 9.53. The molecule has 1 fully saturated rings. The van der Waals surface area contributed by atoms with Gasteiger partial charge in [0.05, 0.1) is 16.9 Å². The molecule has 1 unspecified atom stereocenters. The van der Waals surface area contributed by atoms with Crippen LogP contribution in [-0.2, 0) is 14.3 Å². The van der Waals surface area contributed by atoms with E-state index < -0.39 is 17.9 Å². The van der Waals surface area contributed by atoms with Gasteiger partial charge in [0.15, 0.2) is 11.9 Å². The molecule has 1 N–H and O–H groups in total. The van der Waals surface area contributed by atoms with Crippen molar-refractivity contribution in [1.29, 1.82) is 0 Å². The van der Waals surface area contributed by atoms with Crippen LogP contribution >= 0.6 is 0 Å². The summed E-state index contributed by atoms with van der Waals surface area (Å²) in [7, 11) is 0. The quantitative estimate of drug-likeness (QED) is 0.445. The van der Waals surface area contributed by atoms with Crippen molar-refractivity contribution in [2.24, 2.45) is 0 Å². The van der Waals surface area contributed by atoms with Gasteiger partial charge in [-0.3, -0.25) is 24.1 Å². The van der Waals surface area contributed by atoms with Gasteiger partial charge in [0.1, 0.15) is 0 Å². The molecule has 1 aliphatic rings. The molecule has 0 bridgehead atoms. The Morgan fingerprint density at radius 3 is 2.30 bits per heavy atom. The number of carbonyl (C=O) groups is 5. The fourth-order valence-corrected chi connectivity index (χ4v) is 3.65. The summed E-state index contributed by atoms with van der Waals surface area (Å²) in [5.74, 6) is -2.03. The maximum atomic E-state index is 12.8. The van der Waals surface area contributed by atoms with Crippen LogP contribution in [0.25, 0.3) is 0 Å². The van der Waals surface area contributed by atoms with Crippen LogP contribution in [0.1, 0.15) is 69.2 Å². The molecule has 1 saturated heterocycles. The number of nitrogens with one attached hydrogen (secondary N) is 1. The second-order valence-corrected chi connectivity index (χ2v) is 7.27. The third-order valence-corrected chi connectivity index (χ3v) is 5.08. The van der Waals surface area contributed by atoms with E-state index in [0.29, 0.717) is 16.8 Å². The molecule has 3 rings (SSSR count). The number of H-pyrrole nitrogens is 1. The van der Waals surface area contributed by atoms with E-state index in [2.05, 4.69) is 4.98 Å². The minimum Gasteiger partial charge on any atom is -0.451 e. The van der Waals surface area contributed by atoms with Crippen molar-refractivity contribution in [2.75, 3.05) is 4.90 Å². The smallest absolute Gasteiger partial charge is 0.338 e. The molecule has 0 radical (unpaired) electrons. The fourth-order valence-electron chi connectivity index (χ4n) is 3.65. The van der Waals surface area contributed by atoms with Crippen LogP contribution in [-0.4, -0.2) is 40.4 Å². The number of imide groups is 1. The van der Waals surface area contributed by atoms with Crippen LogP contribution in [0.4, 0.5) is 5.69 Å². The maximum absolute atomic E-state index is 12.8. The molecule has 0 saturated carbocycles. The molecule has 1 atom stereocenters. The van der Waals surface area contributed by atoms with Gasteiger partial charge < -0.3 is 9.72 Å². The number of ketones is 2. The number of carbonyl (C=O) groups excluding carboxylic acids is 5. The van der Waals surface area contributed by atoms with Crippen LogP contribution in [0.2, 0.25) is 0 Å². The van der Waals surface area contributed by atoms with E-state index >= 15 is 0 Å². The zero-order valence-corrected chi connectivity index (χ0v) is 17.2. The summed E-state index contributed by atoms with van der Waals surface area (Å²) in [5, 5.41) is 0. The van der Waals surface area contributed by atoms with Crippen molar-refractivity contribution in [2.45, 2.75) is 46.6 Å². The normalized spacial score (nSPS) is 14.7. The van der Waals surface area contributed by atoms with Gasteiger partial charge in [-0.2, -0.15) is 0 Å². The van der Waals surface area contributed by atoms with Gasteiger partial charge in [-0.05, 0) is 51.5 Å². The van der Waals surface area contributed by atoms with Gasteiger partial charge in [-0.15, -0.1) is 0 Å². The summed E-state index contributed by atoms with van der Waals surface area (Å²) >= 11 is 0. The number of rotatable bonds is 6. The Labute approximate surface area is 173 Å². The van der Waals surface area contributed by atoms with Crippen LogP contribution < -0.4 is 4.90 Å². The van der Waals surface area contributed by atoms with Gasteiger partial charge >= 0.3 is 5.97 Å². The van der Waals surface area contributed by atoms with Crippen molar-refractivity contribution in [1.82, 2.24) is 4.98 Å². The number of hydrogen-bond acceptors (Lipinski definition) is 6. The Hall–Kier alpha value is -3.55. The highest BCUT2D eigenvalue weighted by Gasteiger charge is 2.31. The molecule has 2 heterocycles. The highest BCUT2D eigenvalue weighted by Crippen LogP contribution is 2.24. The Kier molecular flexibility index (Phi) is 5.69. The molecule has 1 aromatic carbocycles. The minimum absolute atomic E-state index is 0.114. The number of nitrogens with zero attached hydrogens (tertiary/aromatic N) is 1. The van der Waals surface area contributed by atoms with Crippen molar-refractivity contribution in [3.8, 4) is 0 Å². The SMILES string of the molecule is CC(=O)c1c(C)[nH]c(C(=O)C(C)OC(=O)c2cccc(N3C(=O)CCC3=O)c2)c1C. The summed E-state index contributed by atoms with van der Waals surface area (Å²) in [6, 6.07) is 5.96. The number of aryl methyl sites for hydroxylation is 1. The standard InChI is InChI=1S/C22H22N2O6/c1-11-19(13(3)25)12(2)23-20(11)21(28)14(4)30-22(29)15-6-5-7-16(10-15)24-17(26)8-9-18(24)27/h5-7,10,14,23H,8-9H2,1-4H3. The lowest BCUT2D eigenvalue weighted by atomic mass is 10.0. The Morgan fingerprint density at radius 1 is 1.10 bits per heavy atom. The highest BCUT2D eigenvalue weighted by atomic mass is 16.5. The fraction of sp³-hybridized carbons (Fsp3) is 0.318. The van der Waals surface area contributed by atoms with E-state index in [-0.39, 0.29) is 47.4 Å². The zero-order chi connectivity index (χ0) is 22.2. The molecule has 2 aromatic rings. The van der Waals surface area contributed by atoms with E-state index in [1.807, 2.05) is 0 Å². The van der Waals surface area contributed by atoms with Gasteiger partial charge in [0, 0.05) is 24.1 Å². The lowest BCUT2D eigenvalue weighted by Crippen LogP contribution is -2.29. The van der Waals surface area contributed by atoms with Gasteiger partial charge in [-0.1, -0.05) is 6.07 Å². The first kappa shape index (κ1) is 21.2. The summed E-state index contributed by atoms with van der Waals surface area (Å²) in [5.41, 5.74) is 2.17. The number of anilines is 1. The first-order valence-corrected chi connectivity index (χ1v) is 9.53. The van der Waals surface area contributed by atoms with E-state index in [1.54, 1.807) is 19.9 Å². The second-order valence-electron chi connectivity index (χ2n) is 7.27. The predicted molar refractivity (Wildman–Crippen MR) is 108 cm³/mol. The third-order valence-electron chi connectivity index (χ3n) is 5.08. The molecule has 1 aliphatic heterocycles. The van der Waals surface area contributed by atoms with E-state index in [0.717, 1.165) is 4.90 Å². The zero-order valence-electron chi connectivity index (χ0n) is 17.2. The number of hydrogen-bond donors (Lipinski definition) is 1. The number of aromatic nitrogens is 1. The van der Waals surface area contributed by atoms with Crippen LogP contribution in [0.15, 0.2) is 24.3 Å². The average Bonchev–Trinajstić information content (AvgIpc) is 3.18. The lowest BCUT2D eigenvalue weighted by molar-refractivity contribution is -0.121. The molecular formula is C22H22N2O6. The van der Waals surface area contributed by atoms with Crippen molar-refractivity contribution in [3.05, 3.63) is 52.3 Å². The topological polar surface area (TPSA) is 114 Å². The number of Topliss-reactive ketones (excluding diaryl/α,β-unsaturated/α-hetero) is 2. The molecule has 0 spiro atoms. The largest absolute Gasteiger partial charge is 0.451 e. The summed E-state index contributed by atoms with van der Waals surface area (Å²) < 4.78 is 5.31. The van der Waals surface area contributed by atoms with E-state index in [1.165, 1.54) is 32.0 Å². The number of amides is 2. The summed E-state index contributed by atoms with van der Waals surface area (Å²) in [6.45, 7) is 6.23. The van der Waals surface area contributed by atoms with Crippen molar-refractivity contribution < 1.29 is 28.7 Å². The minimum atomic E-state index is -1.10. The summed E-state index contributed by atoms with van der Waals surface area (Å²) in [4.78, 5) is 64.9. The first-order chi connectivity index (χ1) is 14.1. The third kappa shape index (κ3) is 3.80. The number of benzene rings is 1. The predicted octanol–water partition coefficient (Wildman–Crippen LogP) is 2.92. The number of aromatic amines is 1. The van der Waals surface area contributed by atoms with Crippen molar-refractivity contribution in [3.63, 3.8) is 0 Å². The Bertz CT molecular complexity index is 1070.